The molecule has 0 saturated heterocycles. The van der Waals surface area contributed by atoms with E-state index in [-0.39, 0.29) is 5.78 Å². The van der Waals surface area contributed by atoms with Gasteiger partial charge in [0.1, 0.15) is 5.75 Å². The van der Waals surface area contributed by atoms with Crippen LogP contribution >= 0.6 is 15.9 Å². The first-order valence-corrected chi connectivity index (χ1v) is 6.81. The normalized spacial score (nSPS) is 10.3. The second-order valence-corrected chi connectivity index (χ2v) is 5.35. The third-order valence-corrected chi connectivity index (χ3v) is 3.46. The van der Waals surface area contributed by atoms with Gasteiger partial charge in [-0.15, -0.1) is 0 Å². The molecule has 0 saturated carbocycles. The number of hydrogen-bond donors (Lipinski definition) is 0. The van der Waals surface area contributed by atoms with Crippen molar-refractivity contribution in [2.75, 3.05) is 7.11 Å². The Labute approximate surface area is 121 Å². The largest absolute Gasteiger partial charge is 0.496 e. The van der Waals surface area contributed by atoms with Gasteiger partial charge in [-0.3, -0.25) is 4.79 Å². The summed E-state index contributed by atoms with van der Waals surface area (Å²) in [5.41, 5.74) is 2.70. The van der Waals surface area contributed by atoms with Gasteiger partial charge in [0.15, 0.2) is 5.78 Å². The molecular formula is C16H15BrO2. The number of rotatable bonds is 4. The van der Waals surface area contributed by atoms with Crippen LogP contribution in [0.25, 0.3) is 0 Å². The Morgan fingerprint density at radius 2 is 1.84 bits per heavy atom. The topological polar surface area (TPSA) is 26.3 Å². The Balaban J connectivity index is 2.24. The highest BCUT2D eigenvalue weighted by molar-refractivity contribution is 9.10. The summed E-state index contributed by atoms with van der Waals surface area (Å²) in [7, 11) is 1.58. The van der Waals surface area contributed by atoms with Crippen LogP contribution in [0.2, 0.25) is 0 Å². The maximum Gasteiger partial charge on any atom is 0.170 e. The van der Waals surface area contributed by atoms with E-state index in [0.717, 1.165) is 15.6 Å². The first-order valence-electron chi connectivity index (χ1n) is 6.02. The van der Waals surface area contributed by atoms with Crippen LogP contribution < -0.4 is 4.74 Å². The van der Waals surface area contributed by atoms with E-state index >= 15 is 0 Å². The molecule has 19 heavy (non-hydrogen) atoms. The number of carbonyl (C=O) groups excluding carboxylic acids is 1. The molecule has 2 nitrogen and oxygen atoms in total. The zero-order chi connectivity index (χ0) is 13.8. The van der Waals surface area contributed by atoms with Crippen LogP contribution in [-0.2, 0) is 6.42 Å². The van der Waals surface area contributed by atoms with Gasteiger partial charge in [0.25, 0.3) is 0 Å². The standard InChI is InChI=1S/C16H15BrO2/c1-11-3-8-16(19-2)14(9-11)15(18)10-12-4-6-13(17)7-5-12/h3-9H,10H2,1-2H3. The molecule has 98 valence electrons. The minimum Gasteiger partial charge on any atom is -0.496 e. The quantitative estimate of drug-likeness (QED) is 0.790. The van der Waals surface area contributed by atoms with Gasteiger partial charge in [-0.05, 0) is 36.8 Å². The molecule has 0 aliphatic heterocycles. The molecule has 0 atom stereocenters. The summed E-state index contributed by atoms with van der Waals surface area (Å²) in [4.78, 5) is 12.3. The van der Waals surface area contributed by atoms with Crippen molar-refractivity contribution in [3.63, 3.8) is 0 Å². The van der Waals surface area contributed by atoms with Crippen molar-refractivity contribution in [1.29, 1.82) is 0 Å². The molecule has 0 N–H and O–H groups in total. The van der Waals surface area contributed by atoms with Crippen molar-refractivity contribution in [3.8, 4) is 5.75 Å². The van der Waals surface area contributed by atoms with Crippen LogP contribution in [0.15, 0.2) is 46.9 Å². The number of aryl methyl sites for hydroxylation is 1. The molecule has 0 bridgehead atoms. The average molecular weight is 319 g/mol. The van der Waals surface area contributed by atoms with Crippen LogP contribution in [0.4, 0.5) is 0 Å². The van der Waals surface area contributed by atoms with Crippen molar-refractivity contribution in [3.05, 3.63) is 63.6 Å². The van der Waals surface area contributed by atoms with Crippen molar-refractivity contribution >= 4 is 21.7 Å². The maximum absolute atomic E-state index is 12.3. The second kappa shape index (κ2) is 6.02. The number of hydrogen-bond acceptors (Lipinski definition) is 2. The zero-order valence-electron chi connectivity index (χ0n) is 10.9. The molecule has 0 fully saturated rings. The lowest BCUT2D eigenvalue weighted by Gasteiger charge is -2.08. The number of halogens is 1. The number of ketones is 1. The number of Topliss-reactive ketones (excluding diaryl/α,β-unsaturated/α-hetero) is 1. The Hall–Kier alpha value is -1.61. The summed E-state index contributed by atoms with van der Waals surface area (Å²) in [5.74, 6) is 0.704. The molecule has 2 rings (SSSR count). The first-order chi connectivity index (χ1) is 9.10. The molecule has 2 aromatic rings. The van der Waals surface area contributed by atoms with E-state index in [1.807, 2.05) is 49.4 Å². The van der Waals surface area contributed by atoms with Crippen molar-refractivity contribution in [1.82, 2.24) is 0 Å². The fraction of sp³-hybridized carbons (Fsp3) is 0.188. The fourth-order valence-corrected chi connectivity index (χ4v) is 2.19. The van der Waals surface area contributed by atoms with E-state index in [1.165, 1.54) is 0 Å². The SMILES string of the molecule is COc1ccc(C)cc1C(=O)Cc1ccc(Br)cc1. The lowest BCUT2D eigenvalue weighted by Crippen LogP contribution is -2.06. The summed E-state index contributed by atoms with van der Waals surface area (Å²) in [5, 5.41) is 0. The first kappa shape index (κ1) is 13.8. The van der Waals surface area contributed by atoms with E-state index in [0.29, 0.717) is 17.7 Å². The monoisotopic (exact) mass is 318 g/mol. The molecule has 0 spiro atoms. The van der Waals surface area contributed by atoms with Gasteiger partial charge in [0.05, 0.1) is 12.7 Å². The minimum atomic E-state index is 0.0721. The second-order valence-electron chi connectivity index (χ2n) is 4.43. The highest BCUT2D eigenvalue weighted by Gasteiger charge is 2.13. The van der Waals surface area contributed by atoms with E-state index in [4.69, 9.17) is 4.74 Å². The summed E-state index contributed by atoms with van der Waals surface area (Å²) >= 11 is 3.38. The molecule has 0 aliphatic carbocycles. The number of methoxy groups -OCH3 is 1. The molecule has 0 aromatic heterocycles. The smallest absolute Gasteiger partial charge is 0.170 e. The lowest BCUT2D eigenvalue weighted by atomic mass is 10.0. The Bertz CT molecular complexity index is 588. The third-order valence-electron chi connectivity index (χ3n) is 2.93. The summed E-state index contributed by atoms with van der Waals surface area (Å²) < 4.78 is 6.26. The highest BCUT2D eigenvalue weighted by Crippen LogP contribution is 2.22. The molecule has 0 unspecified atom stereocenters. The van der Waals surface area contributed by atoms with Crippen LogP contribution in [-0.4, -0.2) is 12.9 Å². The third kappa shape index (κ3) is 3.44. The molecule has 0 amide bonds. The minimum absolute atomic E-state index is 0.0721. The predicted molar refractivity (Wildman–Crippen MR) is 79.9 cm³/mol. The van der Waals surface area contributed by atoms with Crippen molar-refractivity contribution < 1.29 is 9.53 Å². The van der Waals surface area contributed by atoms with E-state index in [1.54, 1.807) is 7.11 Å². The van der Waals surface area contributed by atoms with Gasteiger partial charge < -0.3 is 4.74 Å². The molecule has 0 radical (unpaired) electrons. The molecule has 2 aromatic carbocycles. The predicted octanol–water partition coefficient (Wildman–Crippen LogP) is 4.19. The molecule has 3 heteroatoms. The molecular weight excluding hydrogens is 304 g/mol. The highest BCUT2D eigenvalue weighted by atomic mass is 79.9. The van der Waals surface area contributed by atoms with Crippen molar-refractivity contribution in [2.45, 2.75) is 13.3 Å². The van der Waals surface area contributed by atoms with Gasteiger partial charge in [-0.2, -0.15) is 0 Å². The lowest BCUT2D eigenvalue weighted by molar-refractivity contribution is 0.0990. The van der Waals surface area contributed by atoms with Gasteiger partial charge in [-0.1, -0.05) is 39.7 Å². The summed E-state index contributed by atoms with van der Waals surface area (Å²) in [6.45, 7) is 1.97. The van der Waals surface area contributed by atoms with Crippen LogP contribution in [0, 0.1) is 6.92 Å². The van der Waals surface area contributed by atoms with E-state index in [9.17, 15) is 4.79 Å². The number of ether oxygens (including phenoxy) is 1. The zero-order valence-corrected chi connectivity index (χ0v) is 12.5. The summed E-state index contributed by atoms with van der Waals surface area (Å²) in [6.07, 6.45) is 0.382. The van der Waals surface area contributed by atoms with E-state index in [2.05, 4.69) is 15.9 Å². The number of carbonyl (C=O) groups is 1. The Kier molecular flexibility index (Phi) is 4.38. The van der Waals surface area contributed by atoms with Crippen LogP contribution in [0.1, 0.15) is 21.5 Å². The maximum atomic E-state index is 12.3. The molecule has 0 heterocycles. The van der Waals surface area contributed by atoms with Crippen LogP contribution in [0.3, 0.4) is 0 Å². The van der Waals surface area contributed by atoms with Crippen molar-refractivity contribution in [2.24, 2.45) is 0 Å². The Morgan fingerprint density at radius 3 is 2.47 bits per heavy atom. The fourth-order valence-electron chi connectivity index (χ4n) is 1.92. The van der Waals surface area contributed by atoms with Gasteiger partial charge >= 0.3 is 0 Å². The number of benzene rings is 2. The average Bonchev–Trinajstić information content (AvgIpc) is 2.41. The van der Waals surface area contributed by atoms with Gasteiger partial charge in [0, 0.05) is 10.9 Å². The summed E-state index contributed by atoms with van der Waals surface area (Å²) in [6, 6.07) is 13.4. The van der Waals surface area contributed by atoms with E-state index < -0.39 is 0 Å². The Morgan fingerprint density at radius 1 is 1.16 bits per heavy atom. The molecule has 0 aliphatic rings. The van der Waals surface area contributed by atoms with Gasteiger partial charge in [-0.25, -0.2) is 0 Å². The van der Waals surface area contributed by atoms with Gasteiger partial charge in [0.2, 0.25) is 0 Å². The van der Waals surface area contributed by atoms with Crippen LogP contribution in [0.5, 0.6) is 5.75 Å².